The molecule has 0 spiro atoms. The third-order valence-electron chi connectivity index (χ3n) is 4.56. The lowest BCUT2D eigenvalue weighted by molar-refractivity contribution is 0.102. The van der Waals surface area contributed by atoms with Gasteiger partial charge in [0.15, 0.2) is 0 Å². The summed E-state index contributed by atoms with van der Waals surface area (Å²) in [7, 11) is 0. The fourth-order valence-corrected chi connectivity index (χ4v) is 3.08. The van der Waals surface area contributed by atoms with Crippen LogP contribution in [0.4, 0.5) is 5.69 Å². The molecule has 0 aliphatic rings. The van der Waals surface area contributed by atoms with Crippen molar-refractivity contribution in [2.75, 3.05) is 5.32 Å². The van der Waals surface area contributed by atoms with Gasteiger partial charge in [0.1, 0.15) is 11.3 Å². The molecule has 0 unspecified atom stereocenters. The predicted molar refractivity (Wildman–Crippen MR) is 109 cm³/mol. The van der Waals surface area contributed by atoms with Crippen LogP contribution in [0.2, 0.25) is 0 Å². The summed E-state index contributed by atoms with van der Waals surface area (Å²) in [6.07, 6.45) is 1.31. The number of anilines is 1. The maximum absolute atomic E-state index is 12.7. The van der Waals surface area contributed by atoms with Gasteiger partial charge in [-0.25, -0.2) is 4.98 Å². The van der Waals surface area contributed by atoms with Gasteiger partial charge in [-0.2, -0.15) is 0 Å². The number of rotatable bonds is 3. The molecule has 0 fully saturated rings. The van der Waals surface area contributed by atoms with E-state index in [0.29, 0.717) is 27.8 Å². The van der Waals surface area contributed by atoms with E-state index < -0.39 is 11.5 Å². The van der Waals surface area contributed by atoms with Crippen LogP contribution in [0.1, 0.15) is 16.1 Å². The van der Waals surface area contributed by atoms with Crippen molar-refractivity contribution in [2.45, 2.75) is 6.92 Å². The number of aromatic amines is 2. The summed E-state index contributed by atoms with van der Waals surface area (Å²) in [6, 6.07) is 12.7. The Hall–Kier alpha value is -4.20. The lowest BCUT2D eigenvalue weighted by atomic mass is 10.0. The number of aromatic hydroxyl groups is 1. The number of hydrogen-bond donors (Lipinski definition) is 4. The lowest BCUT2D eigenvalue weighted by Crippen LogP contribution is -2.24. The summed E-state index contributed by atoms with van der Waals surface area (Å²) in [5.74, 6) is -0.486. The molecule has 0 aliphatic carbocycles. The van der Waals surface area contributed by atoms with Gasteiger partial charge in [-0.05, 0) is 48.9 Å². The second-order valence-electron chi connectivity index (χ2n) is 6.52. The first-order valence-electron chi connectivity index (χ1n) is 8.74. The highest BCUT2D eigenvalue weighted by Gasteiger charge is 2.15. The number of nitrogens with one attached hydrogen (secondary N) is 3. The van der Waals surface area contributed by atoms with Gasteiger partial charge in [-0.15, -0.1) is 0 Å². The molecule has 1 amide bonds. The largest absolute Gasteiger partial charge is 0.508 e. The monoisotopic (exact) mass is 388 g/mol. The maximum atomic E-state index is 12.7. The van der Waals surface area contributed by atoms with Crippen molar-refractivity contribution in [2.24, 2.45) is 0 Å². The van der Waals surface area contributed by atoms with Crippen molar-refractivity contribution >= 4 is 22.5 Å². The molecule has 4 N–H and O–H groups in total. The smallest absolute Gasteiger partial charge is 0.261 e. The summed E-state index contributed by atoms with van der Waals surface area (Å²) in [5.41, 5.74) is 1.95. The van der Waals surface area contributed by atoms with E-state index in [0.717, 1.165) is 5.56 Å². The SMILES string of the molecule is Cc1[nH]c(=O)c(C(=O)Nc2ccc3nc[nH]c(=O)c3c2)cc1-c1ccc(O)cc1. The molecule has 8 nitrogen and oxygen atoms in total. The van der Waals surface area contributed by atoms with Crippen molar-refractivity contribution in [1.82, 2.24) is 15.0 Å². The average Bonchev–Trinajstić information content (AvgIpc) is 2.69. The number of aromatic nitrogens is 3. The number of carbonyl (C=O) groups excluding carboxylic acids is 1. The third-order valence-corrected chi connectivity index (χ3v) is 4.56. The number of aryl methyl sites for hydroxylation is 1. The van der Waals surface area contributed by atoms with Crippen LogP contribution in [0.3, 0.4) is 0 Å². The van der Waals surface area contributed by atoms with E-state index >= 15 is 0 Å². The van der Waals surface area contributed by atoms with E-state index in [2.05, 4.69) is 20.3 Å². The molecule has 4 aromatic rings. The Morgan fingerprint density at radius 1 is 1.03 bits per heavy atom. The van der Waals surface area contributed by atoms with E-state index in [1.165, 1.54) is 30.6 Å². The minimum atomic E-state index is -0.606. The Morgan fingerprint density at radius 3 is 2.55 bits per heavy atom. The quantitative estimate of drug-likeness (QED) is 0.429. The zero-order valence-electron chi connectivity index (χ0n) is 15.3. The Balaban J connectivity index is 1.71. The summed E-state index contributed by atoms with van der Waals surface area (Å²) >= 11 is 0. The van der Waals surface area contributed by atoms with Gasteiger partial charge >= 0.3 is 0 Å². The minimum absolute atomic E-state index is 0.0705. The van der Waals surface area contributed by atoms with Crippen LogP contribution in [-0.2, 0) is 0 Å². The molecule has 0 saturated heterocycles. The Bertz CT molecular complexity index is 1350. The Morgan fingerprint density at radius 2 is 1.79 bits per heavy atom. The highest BCUT2D eigenvalue weighted by atomic mass is 16.3. The molecule has 29 heavy (non-hydrogen) atoms. The number of fused-ring (bicyclic) bond motifs is 1. The number of nitrogens with zero attached hydrogens (tertiary/aromatic N) is 1. The number of pyridine rings is 1. The second-order valence-corrected chi connectivity index (χ2v) is 6.52. The van der Waals surface area contributed by atoms with E-state index in [9.17, 15) is 19.5 Å². The molecule has 2 aromatic heterocycles. The van der Waals surface area contributed by atoms with Crippen molar-refractivity contribution in [1.29, 1.82) is 0 Å². The number of phenolic OH excluding ortho intramolecular Hbond substituents is 1. The minimum Gasteiger partial charge on any atom is -0.508 e. The zero-order chi connectivity index (χ0) is 20.5. The topological polar surface area (TPSA) is 128 Å². The number of hydrogen-bond acceptors (Lipinski definition) is 5. The third kappa shape index (κ3) is 3.51. The molecule has 0 bridgehead atoms. The summed E-state index contributed by atoms with van der Waals surface area (Å²) in [5, 5.41) is 12.4. The number of H-pyrrole nitrogens is 2. The second kappa shape index (κ2) is 7.08. The Labute approximate surface area is 163 Å². The fourth-order valence-electron chi connectivity index (χ4n) is 3.08. The van der Waals surface area contributed by atoms with Crippen LogP contribution in [-0.4, -0.2) is 26.0 Å². The molecule has 8 heteroatoms. The van der Waals surface area contributed by atoms with E-state index in [1.54, 1.807) is 31.2 Å². The van der Waals surface area contributed by atoms with Gasteiger partial charge in [0.05, 0.1) is 17.2 Å². The number of amides is 1. The fraction of sp³-hybridized carbons (Fsp3) is 0.0476. The molecule has 144 valence electrons. The van der Waals surface area contributed by atoms with Crippen LogP contribution in [0.15, 0.2) is 64.4 Å². The highest BCUT2D eigenvalue weighted by molar-refractivity contribution is 6.05. The van der Waals surface area contributed by atoms with Crippen LogP contribution >= 0.6 is 0 Å². The van der Waals surface area contributed by atoms with E-state index in [-0.39, 0.29) is 16.9 Å². The summed E-state index contributed by atoms with van der Waals surface area (Å²) in [6.45, 7) is 1.73. The van der Waals surface area contributed by atoms with Crippen LogP contribution in [0.5, 0.6) is 5.75 Å². The summed E-state index contributed by atoms with van der Waals surface area (Å²) in [4.78, 5) is 46.2. The Kier molecular flexibility index (Phi) is 4.44. The van der Waals surface area contributed by atoms with Gasteiger partial charge in [-0.3, -0.25) is 14.4 Å². The molecule has 0 saturated carbocycles. The number of phenols is 1. The first-order chi connectivity index (χ1) is 13.9. The van der Waals surface area contributed by atoms with Crippen molar-refractivity contribution < 1.29 is 9.90 Å². The lowest BCUT2D eigenvalue weighted by Gasteiger charge is -2.10. The van der Waals surface area contributed by atoms with E-state index in [4.69, 9.17) is 0 Å². The van der Waals surface area contributed by atoms with Gasteiger partial charge in [-0.1, -0.05) is 12.1 Å². The highest BCUT2D eigenvalue weighted by Crippen LogP contribution is 2.24. The molecule has 0 radical (unpaired) electrons. The van der Waals surface area contributed by atoms with Gasteiger partial charge in [0.2, 0.25) is 0 Å². The first kappa shape index (κ1) is 18.2. The van der Waals surface area contributed by atoms with Crippen LogP contribution < -0.4 is 16.4 Å². The van der Waals surface area contributed by atoms with Crippen LogP contribution in [0.25, 0.3) is 22.0 Å². The van der Waals surface area contributed by atoms with E-state index in [1.807, 2.05) is 0 Å². The van der Waals surface area contributed by atoms with Crippen molar-refractivity contribution in [3.8, 4) is 16.9 Å². The predicted octanol–water partition coefficient (Wildman–Crippen LogP) is 2.54. The summed E-state index contributed by atoms with van der Waals surface area (Å²) < 4.78 is 0. The average molecular weight is 388 g/mol. The number of carbonyl (C=O) groups is 1. The van der Waals surface area contributed by atoms with Crippen molar-refractivity contribution in [3.05, 3.63) is 86.8 Å². The molecule has 2 aromatic carbocycles. The van der Waals surface area contributed by atoms with Gasteiger partial charge < -0.3 is 20.4 Å². The first-order valence-corrected chi connectivity index (χ1v) is 8.74. The van der Waals surface area contributed by atoms with Gasteiger partial charge in [0, 0.05) is 16.9 Å². The van der Waals surface area contributed by atoms with Crippen LogP contribution in [0, 0.1) is 6.92 Å². The number of benzene rings is 2. The van der Waals surface area contributed by atoms with Gasteiger partial charge in [0.25, 0.3) is 17.0 Å². The molecule has 0 atom stereocenters. The normalized spacial score (nSPS) is 10.8. The molecule has 4 rings (SSSR count). The molecular weight excluding hydrogens is 372 g/mol. The zero-order valence-corrected chi connectivity index (χ0v) is 15.3. The molecule has 0 aliphatic heterocycles. The molecular formula is C21H16N4O4. The molecule has 2 heterocycles. The maximum Gasteiger partial charge on any atom is 0.261 e. The van der Waals surface area contributed by atoms with Crippen molar-refractivity contribution in [3.63, 3.8) is 0 Å². The standard InChI is InChI=1S/C21H16N4O4/c1-11-15(12-2-5-14(26)6-3-12)9-17(20(28)24-11)21(29)25-13-4-7-18-16(8-13)19(27)23-10-22-18/h2-10,26H,1H3,(H,24,28)(H,25,29)(H,22,23,27).